The molecule has 3 aromatic rings. The van der Waals surface area contributed by atoms with Gasteiger partial charge in [-0.1, -0.05) is 20.8 Å². The van der Waals surface area contributed by atoms with Crippen LogP contribution in [0.1, 0.15) is 32.2 Å². The smallest absolute Gasteiger partial charge is 0.266 e. The van der Waals surface area contributed by atoms with Gasteiger partial charge in [0, 0.05) is 42.2 Å². The highest BCUT2D eigenvalue weighted by Gasteiger charge is 2.30. The normalized spacial score (nSPS) is 15.5. The summed E-state index contributed by atoms with van der Waals surface area (Å²) in [6.45, 7) is 10.6. The summed E-state index contributed by atoms with van der Waals surface area (Å²) in [4.78, 5) is 22.9. The highest BCUT2D eigenvalue weighted by molar-refractivity contribution is 5.49. The van der Waals surface area contributed by atoms with Crippen LogP contribution in [0.4, 0.5) is 5.82 Å². The average Bonchev–Trinajstić information content (AvgIpc) is 2.98. The van der Waals surface area contributed by atoms with Gasteiger partial charge in [-0.05, 0) is 13.0 Å². The average molecular weight is 353 g/mol. The third kappa shape index (κ3) is 2.95. The second-order valence-electron chi connectivity index (χ2n) is 7.99. The Labute approximate surface area is 151 Å². The van der Waals surface area contributed by atoms with Crippen LogP contribution in [0.15, 0.2) is 29.3 Å². The van der Waals surface area contributed by atoms with Gasteiger partial charge < -0.3 is 4.90 Å². The van der Waals surface area contributed by atoms with Gasteiger partial charge in [0.1, 0.15) is 12.1 Å². The maximum atomic E-state index is 12.2. The molecule has 0 aromatic carbocycles. The van der Waals surface area contributed by atoms with E-state index < -0.39 is 0 Å². The largest absolute Gasteiger partial charge is 0.356 e. The highest BCUT2D eigenvalue weighted by atomic mass is 16.1. The number of rotatable bonds is 3. The minimum absolute atomic E-state index is 0.0464. The van der Waals surface area contributed by atoms with Crippen LogP contribution in [-0.4, -0.2) is 42.5 Å². The Balaban J connectivity index is 1.51. The van der Waals surface area contributed by atoms with E-state index in [1.165, 1.54) is 6.33 Å². The van der Waals surface area contributed by atoms with Crippen LogP contribution in [0.5, 0.6) is 0 Å². The van der Waals surface area contributed by atoms with Crippen LogP contribution in [0.25, 0.3) is 5.78 Å². The molecule has 1 fully saturated rings. The molecule has 4 rings (SSSR count). The molecule has 1 aliphatic rings. The summed E-state index contributed by atoms with van der Waals surface area (Å²) in [5.74, 6) is 1.98. The first kappa shape index (κ1) is 16.7. The quantitative estimate of drug-likeness (QED) is 0.708. The molecule has 0 spiro atoms. The summed E-state index contributed by atoms with van der Waals surface area (Å²) in [5.41, 5.74) is 1.73. The van der Waals surface area contributed by atoms with Crippen LogP contribution in [-0.2, 0) is 12.0 Å². The van der Waals surface area contributed by atoms with Crippen LogP contribution >= 0.6 is 0 Å². The van der Waals surface area contributed by atoms with Crippen molar-refractivity contribution in [2.45, 2.75) is 39.7 Å². The van der Waals surface area contributed by atoms with Crippen molar-refractivity contribution in [3.05, 3.63) is 46.3 Å². The molecular weight excluding hydrogens is 330 g/mol. The fourth-order valence-corrected chi connectivity index (χ4v) is 3.23. The predicted octanol–water partition coefficient (Wildman–Crippen LogP) is 1.42. The molecule has 8 heteroatoms. The lowest BCUT2D eigenvalue weighted by Gasteiger charge is -2.40. The lowest BCUT2D eigenvalue weighted by molar-refractivity contribution is 0.326. The van der Waals surface area contributed by atoms with E-state index in [0.29, 0.717) is 18.2 Å². The van der Waals surface area contributed by atoms with Gasteiger partial charge in [0.15, 0.2) is 0 Å². The maximum absolute atomic E-state index is 12.2. The van der Waals surface area contributed by atoms with E-state index in [1.54, 1.807) is 15.3 Å². The zero-order chi connectivity index (χ0) is 18.5. The molecule has 0 bridgehead atoms. The summed E-state index contributed by atoms with van der Waals surface area (Å²) in [6.07, 6.45) is 1.52. The number of aromatic nitrogens is 6. The van der Waals surface area contributed by atoms with Crippen LogP contribution in [0.3, 0.4) is 0 Å². The summed E-state index contributed by atoms with van der Waals surface area (Å²) < 4.78 is 3.36. The Morgan fingerprint density at radius 1 is 1.23 bits per heavy atom. The number of aryl methyl sites for hydroxylation is 1. The van der Waals surface area contributed by atoms with Gasteiger partial charge in [-0.15, -0.1) is 0 Å². The second-order valence-corrected chi connectivity index (χ2v) is 7.99. The molecule has 0 aliphatic carbocycles. The van der Waals surface area contributed by atoms with Crippen molar-refractivity contribution in [1.82, 2.24) is 29.4 Å². The Morgan fingerprint density at radius 3 is 2.73 bits per heavy atom. The van der Waals surface area contributed by atoms with Crippen LogP contribution in [0.2, 0.25) is 0 Å². The minimum Gasteiger partial charge on any atom is -0.356 e. The maximum Gasteiger partial charge on any atom is 0.266 e. The summed E-state index contributed by atoms with van der Waals surface area (Å²) >= 11 is 0. The van der Waals surface area contributed by atoms with Crippen molar-refractivity contribution < 1.29 is 0 Å². The van der Waals surface area contributed by atoms with Crippen molar-refractivity contribution >= 4 is 11.6 Å². The van der Waals surface area contributed by atoms with Crippen LogP contribution < -0.4 is 10.5 Å². The topological polar surface area (TPSA) is 81.2 Å². The standard InChI is InChI=1S/C18H23N7O/c1-12-7-15(25-17(21-12)19-11-20-25)23-8-13(9-23)10-24-16(26)6-5-14(22-24)18(2,3)4/h5-7,11,13H,8-10H2,1-4H3. The zero-order valence-corrected chi connectivity index (χ0v) is 15.5. The predicted molar refractivity (Wildman–Crippen MR) is 98.4 cm³/mol. The van der Waals surface area contributed by atoms with Crippen molar-refractivity contribution in [3.63, 3.8) is 0 Å². The van der Waals surface area contributed by atoms with Gasteiger partial charge in [0.05, 0.1) is 12.2 Å². The molecule has 26 heavy (non-hydrogen) atoms. The summed E-state index contributed by atoms with van der Waals surface area (Å²) in [6, 6.07) is 5.46. The second kappa shape index (κ2) is 5.89. The van der Waals surface area contributed by atoms with Crippen molar-refractivity contribution in [2.75, 3.05) is 18.0 Å². The minimum atomic E-state index is -0.0750. The van der Waals surface area contributed by atoms with Gasteiger partial charge in [0.2, 0.25) is 0 Å². The van der Waals surface area contributed by atoms with E-state index >= 15 is 0 Å². The van der Waals surface area contributed by atoms with Gasteiger partial charge in [-0.3, -0.25) is 4.79 Å². The monoisotopic (exact) mass is 353 g/mol. The molecule has 0 radical (unpaired) electrons. The first-order valence-corrected chi connectivity index (χ1v) is 8.82. The van der Waals surface area contributed by atoms with E-state index in [1.807, 2.05) is 19.1 Å². The number of hydrogen-bond acceptors (Lipinski definition) is 6. The molecule has 0 N–H and O–H groups in total. The van der Waals surface area contributed by atoms with Gasteiger partial charge >= 0.3 is 0 Å². The fourth-order valence-electron chi connectivity index (χ4n) is 3.23. The number of nitrogens with zero attached hydrogens (tertiary/aromatic N) is 7. The molecular formula is C18H23N7O. The molecule has 0 saturated carbocycles. The molecule has 8 nitrogen and oxygen atoms in total. The van der Waals surface area contributed by atoms with Crippen molar-refractivity contribution in [2.24, 2.45) is 5.92 Å². The molecule has 3 aromatic heterocycles. The number of fused-ring (bicyclic) bond motifs is 1. The van der Waals surface area contributed by atoms with E-state index in [4.69, 9.17) is 0 Å². The molecule has 1 aliphatic heterocycles. The molecule has 0 amide bonds. The first-order chi connectivity index (χ1) is 12.3. The third-order valence-corrected chi connectivity index (χ3v) is 4.71. The first-order valence-electron chi connectivity index (χ1n) is 8.82. The Morgan fingerprint density at radius 2 is 2.00 bits per heavy atom. The highest BCUT2D eigenvalue weighted by Crippen LogP contribution is 2.26. The zero-order valence-electron chi connectivity index (χ0n) is 15.5. The fraction of sp³-hybridized carbons (Fsp3) is 0.500. The van der Waals surface area contributed by atoms with Crippen LogP contribution in [0, 0.1) is 12.8 Å². The molecule has 0 unspecified atom stereocenters. The third-order valence-electron chi connectivity index (χ3n) is 4.71. The van der Waals surface area contributed by atoms with Gasteiger partial charge in [-0.2, -0.15) is 19.7 Å². The summed E-state index contributed by atoms with van der Waals surface area (Å²) in [5, 5.41) is 8.83. The van der Waals surface area contributed by atoms with Crippen molar-refractivity contribution in [1.29, 1.82) is 0 Å². The van der Waals surface area contributed by atoms with Gasteiger partial charge in [-0.25, -0.2) is 9.67 Å². The molecule has 0 atom stereocenters. The van der Waals surface area contributed by atoms with E-state index in [2.05, 4.69) is 45.8 Å². The number of hydrogen-bond donors (Lipinski definition) is 0. The summed E-state index contributed by atoms with van der Waals surface area (Å²) in [7, 11) is 0. The molecule has 1 saturated heterocycles. The molecule has 136 valence electrons. The lowest BCUT2D eigenvalue weighted by Crippen LogP contribution is -2.50. The number of anilines is 1. The van der Waals surface area contributed by atoms with E-state index in [-0.39, 0.29) is 11.0 Å². The van der Waals surface area contributed by atoms with Gasteiger partial charge in [0.25, 0.3) is 11.3 Å². The van der Waals surface area contributed by atoms with Crippen molar-refractivity contribution in [3.8, 4) is 0 Å². The Kier molecular flexibility index (Phi) is 3.78. The lowest BCUT2D eigenvalue weighted by atomic mass is 9.92. The van der Waals surface area contributed by atoms with E-state index in [0.717, 1.165) is 30.3 Å². The Hall–Kier alpha value is -2.77. The van der Waals surface area contributed by atoms with E-state index in [9.17, 15) is 4.79 Å². The SMILES string of the molecule is Cc1cc(N2CC(Cn3nc(C(C)(C)C)ccc3=O)C2)n2ncnc2n1. The molecule has 4 heterocycles. The Bertz CT molecular complexity index is 1010.